The van der Waals surface area contributed by atoms with Crippen molar-refractivity contribution in [1.82, 2.24) is 5.32 Å². The molecular formula is C14H15Cl2FN2O2. The van der Waals surface area contributed by atoms with E-state index < -0.39 is 11.9 Å². The number of halogens is 3. The highest BCUT2D eigenvalue weighted by Gasteiger charge is 2.36. The Hall–Kier alpha value is -1.33. The molecular weight excluding hydrogens is 318 g/mol. The van der Waals surface area contributed by atoms with E-state index in [1.165, 1.54) is 17.0 Å². The Kier molecular flexibility index (Phi) is 4.74. The molecule has 2 rings (SSSR count). The Bertz CT molecular complexity index is 571. The molecule has 7 heteroatoms. The van der Waals surface area contributed by atoms with Crippen LogP contribution in [0.5, 0.6) is 0 Å². The quantitative estimate of drug-likeness (QED) is 0.865. The van der Waals surface area contributed by atoms with Gasteiger partial charge in [0.15, 0.2) is 5.82 Å². The fourth-order valence-electron chi connectivity index (χ4n) is 2.21. The molecule has 1 fully saturated rings. The lowest BCUT2D eigenvalue weighted by atomic mass is 9.96. The van der Waals surface area contributed by atoms with Crippen molar-refractivity contribution >= 4 is 40.7 Å². The van der Waals surface area contributed by atoms with Crippen molar-refractivity contribution in [2.75, 3.05) is 11.4 Å². The van der Waals surface area contributed by atoms with Crippen LogP contribution in [0.3, 0.4) is 0 Å². The van der Waals surface area contributed by atoms with Crippen LogP contribution in [-0.2, 0) is 9.59 Å². The summed E-state index contributed by atoms with van der Waals surface area (Å²) in [5.74, 6) is -1.26. The first-order valence-electron chi connectivity index (χ1n) is 6.60. The van der Waals surface area contributed by atoms with Gasteiger partial charge in [0.1, 0.15) is 12.6 Å². The number of benzene rings is 1. The van der Waals surface area contributed by atoms with E-state index in [4.69, 9.17) is 23.2 Å². The number of nitrogens with zero attached hydrogens (tertiary/aromatic N) is 1. The number of anilines is 1. The first-order chi connectivity index (χ1) is 9.85. The van der Waals surface area contributed by atoms with E-state index in [0.717, 1.165) is 6.42 Å². The van der Waals surface area contributed by atoms with Crippen LogP contribution in [0.25, 0.3) is 0 Å². The summed E-state index contributed by atoms with van der Waals surface area (Å²) in [5, 5.41) is 2.32. The van der Waals surface area contributed by atoms with Gasteiger partial charge in [-0.1, -0.05) is 43.5 Å². The topological polar surface area (TPSA) is 49.4 Å². The van der Waals surface area contributed by atoms with Crippen LogP contribution in [0, 0.1) is 11.7 Å². The van der Waals surface area contributed by atoms with Gasteiger partial charge in [-0.2, -0.15) is 0 Å². The Morgan fingerprint density at radius 2 is 1.95 bits per heavy atom. The first kappa shape index (κ1) is 16.0. The molecule has 2 amide bonds. The zero-order valence-corrected chi connectivity index (χ0v) is 13.1. The van der Waals surface area contributed by atoms with Gasteiger partial charge < -0.3 is 10.2 Å². The average molecular weight is 333 g/mol. The number of piperazine rings is 1. The highest BCUT2D eigenvalue weighted by molar-refractivity contribution is 6.35. The molecule has 0 aliphatic carbocycles. The maximum Gasteiger partial charge on any atom is 0.250 e. The molecule has 1 N–H and O–H groups in total. The van der Waals surface area contributed by atoms with Crippen LogP contribution >= 0.6 is 23.2 Å². The van der Waals surface area contributed by atoms with Crippen molar-refractivity contribution in [2.45, 2.75) is 26.3 Å². The van der Waals surface area contributed by atoms with E-state index in [9.17, 15) is 14.0 Å². The first-order valence-corrected chi connectivity index (χ1v) is 7.36. The second kappa shape index (κ2) is 6.20. The van der Waals surface area contributed by atoms with Crippen LogP contribution < -0.4 is 10.2 Å². The summed E-state index contributed by atoms with van der Waals surface area (Å²) in [6, 6.07) is 2.00. The summed E-state index contributed by atoms with van der Waals surface area (Å²) in [4.78, 5) is 25.6. The predicted molar refractivity (Wildman–Crippen MR) is 80.2 cm³/mol. The fraction of sp³-hybridized carbons (Fsp3) is 0.429. The largest absolute Gasteiger partial charge is 0.342 e. The molecule has 1 aliphatic rings. The predicted octanol–water partition coefficient (Wildman–Crippen LogP) is 3.01. The molecule has 1 saturated heterocycles. The van der Waals surface area contributed by atoms with E-state index in [1.807, 2.05) is 13.8 Å². The van der Waals surface area contributed by atoms with Crippen molar-refractivity contribution in [3.8, 4) is 0 Å². The minimum absolute atomic E-state index is 0.00403. The van der Waals surface area contributed by atoms with Gasteiger partial charge in [0.25, 0.3) is 0 Å². The lowest BCUT2D eigenvalue weighted by Gasteiger charge is -2.35. The normalized spacial score (nSPS) is 20.4. The second-order valence-corrected chi connectivity index (χ2v) is 5.89. The molecule has 1 heterocycles. The summed E-state index contributed by atoms with van der Waals surface area (Å²) in [5.41, 5.74) is 0.319. The van der Waals surface area contributed by atoms with E-state index >= 15 is 0 Å². The van der Waals surface area contributed by atoms with E-state index in [2.05, 4.69) is 5.32 Å². The molecule has 4 nitrogen and oxygen atoms in total. The van der Waals surface area contributed by atoms with Crippen LogP contribution in [0.2, 0.25) is 10.0 Å². The number of nitrogens with one attached hydrogen (secondary N) is 1. The molecule has 21 heavy (non-hydrogen) atoms. The fourth-order valence-corrected chi connectivity index (χ4v) is 2.68. The Labute approximate surface area is 132 Å². The van der Waals surface area contributed by atoms with Gasteiger partial charge >= 0.3 is 0 Å². The van der Waals surface area contributed by atoms with Gasteiger partial charge in [-0.3, -0.25) is 9.59 Å². The van der Waals surface area contributed by atoms with Gasteiger partial charge in [0.2, 0.25) is 11.8 Å². The van der Waals surface area contributed by atoms with Crippen LogP contribution in [-0.4, -0.2) is 24.4 Å². The van der Waals surface area contributed by atoms with Gasteiger partial charge in [0, 0.05) is 5.69 Å². The number of hydrogen-bond acceptors (Lipinski definition) is 2. The van der Waals surface area contributed by atoms with E-state index in [1.54, 1.807) is 0 Å². The van der Waals surface area contributed by atoms with E-state index in [0.29, 0.717) is 5.69 Å². The lowest BCUT2D eigenvalue weighted by molar-refractivity contribution is -0.132. The Morgan fingerprint density at radius 1 is 1.38 bits per heavy atom. The van der Waals surface area contributed by atoms with Gasteiger partial charge in [-0.25, -0.2) is 4.39 Å². The van der Waals surface area contributed by atoms with Crippen LogP contribution in [0.15, 0.2) is 12.1 Å². The van der Waals surface area contributed by atoms with E-state index in [-0.39, 0.29) is 34.3 Å². The average Bonchev–Trinajstić information content (AvgIpc) is 2.45. The summed E-state index contributed by atoms with van der Waals surface area (Å²) in [7, 11) is 0. The monoisotopic (exact) mass is 332 g/mol. The zero-order chi connectivity index (χ0) is 15.7. The maximum atomic E-state index is 13.5. The van der Waals surface area contributed by atoms with Gasteiger partial charge in [-0.15, -0.1) is 0 Å². The molecule has 0 spiro atoms. The maximum absolute atomic E-state index is 13.5. The van der Waals surface area contributed by atoms with Gasteiger partial charge in [0.05, 0.1) is 10.0 Å². The molecule has 0 radical (unpaired) electrons. The minimum Gasteiger partial charge on any atom is -0.342 e. The Balaban J connectivity index is 2.38. The molecule has 2 unspecified atom stereocenters. The van der Waals surface area contributed by atoms with Crippen LogP contribution in [0.1, 0.15) is 20.3 Å². The summed E-state index contributed by atoms with van der Waals surface area (Å²) >= 11 is 11.5. The van der Waals surface area contributed by atoms with Crippen LogP contribution in [0.4, 0.5) is 10.1 Å². The standard InChI is InChI=1S/C14H15Cl2FN2O2/c1-3-7(2)13-14(21)19(6-11(20)18-13)8-4-9(15)12(17)10(16)5-8/h4-5,7,13H,3,6H2,1-2H3,(H,18,20). The lowest BCUT2D eigenvalue weighted by Crippen LogP contribution is -2.60. The molecule has 0 aromatic heterocycles. The number of hydrogen-bond donors (Lipinski definition) is 1. The summed E-state index contributed by atoms with van der Waals surface area (Å²) in [6.07, 6.45) is 0.745. The molecule has 2 atom stereocenters. The third kappa shape index (κ3) is 3.14. The smallest absolute Gasteiger partial charge is 0.250 e. The highest BCUT2D eigenvalue weighted by atomic mass is 35.5. The molecule has 1 aliphatic heterocycles. The highest BCUT2D eigenvalue weighted by Crippen LogP contribution is 2.31. The van der Waals surface area contributed by atoms with Crippen molar-refractivity contribution in [1.29, 1.82) is 0 Å². The third-order valence-electron chi connectivity index (χ3n) is 3.64. The SMILES string of the molecule is CCC(C)C1NC(=O)CN(c2cc(Cl)c(F)c(Cl)c2)C1=O. The van der Waals surface area contributed by atoms with Crippen molar-refractivity contribution in [2.24, 2.45) is 5.92 Å². The van der Waals surface area contributed by atoms with Crippen molar-refractivity contribution < 1.29 is 14.0 Å². The Morgan fingerprint density at radius 3 is 2.48 bits per heavy atom. The van der Waals surface area contributed by atoms with Gasteiger partial charge in [-0.05, 0) is 18.1 Å². The minimum atomic E-state index is -0.741. The summed E-state index contributed by atoms with van der Waals surface area (Å²) < 4.78 is 13.5. The summed E-state index contributed by atoms with van der Waals surface area (Å²) in [6.45, 7) is 3.69. The molecule has 1 aromatic carbocycles. The second-order valence-electron chi connectivity index (χ2n) is 5.08. The number of carbonyl (C=O) groups excluding carboxylic acids is 2. The number of carbonyl (C=O) groups is 2. The molecule has 0 bridgehead atoms. The zero-order valence-electron chi connectivity index (χ0n) is 11.6. The third-order valence-corrected chi connectivity index (χ3v) is 4.19. The molecule has 114 valence electrons. The van der Waals surface area contributed by atoms with Crippen molar-refractivity contribution in [3.05, 3.63) is 28.0 Å². The number of rotatable bonds is 3. The molecule has 0 saturated carbocycles. The molecule has 1 aromatic rings. The number of amides is 2. The van der Waals surface area contributed by atoms with Crippen molar-refractivity contribution in [3.63, 3.8) is 0 Å².